The quantitative estimate of drug-likeness (QED) is 0.451. The van der Waals surface area contributed by atoms with E-state index < -0.39 is 11.3 Å². The van der Waals surface area contributed by atoms with Crippen molar-refractivity contribution < 1.29 is 19.7 Å². The van der Waals surface area contributed by atoms with Gasteiger partial charge in [0.25, 0.3) is 0 Å². The summed E-state index contributed by atoms with van der Waals surface area (Å²) in [4.78, 5) is 18.1. The molecular formula is C18H31N7O4. The van der Waals surface area contributed by atoms with E-state index in [1.807, 2.05) is 0 Å². The van der Waals surface area contributed by atoms with E-state index in [1.54, 1.807) is 6.92 Å². The maximum absolute atomic E-state index is 9.65. The van der Waals surface area contributed by atoms with Crippen molar-refractivity contribution in [1.29, 1.82) is 0 Å². The summed E-state index contributed by atoms with van der Waals surface area (Å²) in [7, 11) is 0. The summed E-state index contributed by atoms with van der Waals surface area (Å²) in [5.74, 6) is 1.08. The molecule has 3 fully saturated rings. The number of nitrogens with zero attached hydrogens (tertiary/aromatic N) is 5. The Hall–Kier alpha value is -1.79. The topological polar surface area (TPSA) is 128 Å². The van der Waals surface area contributed by atoms with E-state index in [0.29, 0.717) is 31.1 Å². The molecule has 0 amide bonds. The van der Waals surface area contributed by atoms with Crippen LogP contribution < -0.4 is 20.4 Å². The number of hydrogen-bond acceptors (Lipinski definition) is 11. The van der Waals surface area contributed by atoms with Crippen molar-refractivity contribution in [3.63, 3.8) is 0 Å². The fraction of sp³-hybridized carbons (Fsp3) is 0.833. The van der Waals surface area contributed by atoms with E-state index in [1.165, 1.54) is 0 Å². The van der Waals surface area contributed by atoms with Gasteiger partial charge in [-0.3, -0.25) is 0 Å². The Morgan fingerprint density at radius 1 is 0.966 bits per heavy atom. The summed E-state index contributed by atoms with van der Waals surface area (Å²) < 4.78 is 11.6. The zero-order valence-corrected chi connectivity index (χ0v) is 16.9. The van der Waals surface area contributed by atoms with Crippen molar-refractivity contribution in [2.45, 2.75) is 31.1 Å². The van der Waals surface area contributed by atoms with Gasteiger partial charge in [-0.15, -0.1) is 0 Å². The SMILES string of the molecule is CC(CO)(CO)Nc1nc(N2CCNCC2)nc(N2CCC3(CC2)OCCO3)n1. The Bertz CT molecular complexity index is 681. The van der Waals surface area contributed by atoms with Gasteiger partial charge in [-0.2, -0.15) is 15.0 Å². The summed E-state index contributed by atoms with van der Waals surface area (Å²) in [6, 6.07) is 0. The van der Waals surface area contributed by atoms with E-state index in [9.17, 15) is 10.2 Å². The van der Waals surface area contributed by atoms with Crippen molar-refractivity contribution in [3.05, 3.63) is 0 Å². The zero-order chi connectivity index (χ0) is 20.3. The van der Waals surface area contributed by atoms with E-state index >= 15 is 0 Å². The number of aliphatic hydroxyl groups excluding tert-OH is 2. The lowest BCUT2D eigenvalue weighted by Gasteiger charge is -2.38. The lowest BCUT2D eigenvalue weighted by atomic mass is 10.0. The summed E-state index contributed by atoms with van der Waals surface area (Å²) in [5.41, 5.74) is -0.920. The van der Waals surface area contributed by atoms with Gasteiger partial charge in [-0.25, -0.2) is 0 Å². The van der Waals surface area contributed by atoms with Crippen LogP contribution in [-0.2, 0) is 9.47 Å². The fourth-order valence-corrected chi connectivity index (χ4v) is 3.79. The average molecular weight is 409 g/mol. The largest absolute Gasteiger partial charge is 0.394 e. The van der Waals surface area contributed by atoms with Crippen LogP contribution in [-0.4, -0.2) is 102 Å². The number of rotatable bonds is 6. The number of nitrogens with one attached hydrogen (secondary N) is 2. The van der Waals surface area contributed by atoms with Gasteiger partial charge in [-0.1, -0.05) is 0 Å². The highest BCUT2D eigenvalue weighted by atomic mass is 16.7. The highest BCUT2D eigenvalue weighted by Gasteiger charge is 2.40. The molecule has 0 unspecified atom stereocenters. The van der Waals surface area contributed by atoms with Gasteiger partial charge in [0.2, 0.25) is 17.8 Å². The number of anilines is 3. The minimum atomic E-state index is -0.920. The molecule has 3 aliphatic rings. The summed E-state index contributed by atoms with van der Waals surface area (Å²) in [6.45, 7) is 7.34. The molecule has 1 aromatic heterocycles. The van der Waals surface area contributed by atoms with E-state index in [2.05, 4.69) is 30.4 Å². The van der Waals surface area contributed by atoms with Crippen LogP contribution in [0, 0.1) is 0 Å². The molecule has 29 heavy (non-hydrogen) atoms. The van der Waals surface area contributed by atoms with Crippen LogP contribution in [0.4, 0.5) is 17.8 Å². The summed E-state index contributed by atoms with van der Waals surface area (Å²) in [5, 5.41) is 25.7. The molecule has 0 aliphatic carbocycles. The molecule has 0 bridgehead atoms. The molecule has 4 heterocycles. The Kier molecular flexibility index (Phi) is 6.02. The van der Waals surface area contributed by atoms with Crippen molar-refractivity contribution in [3.8, 4) is 0 Å². The number of piperazine rings is 1. The third-order valence-corrected chi connectivity index (χ3v) is 5.74. The van der Waals surface area contributed by atoms with Crippen LogP contribution in [0.5, 0.6) is 0 Å². The Labute approximate surface area is 170 Å². The van der Waals surface area contributed by atoms with Crippen LogP contribution in [0.15, 0.2) is 0 Å². The van der Waals surface area contributed by atoms with Gasteiger partial charge in [0.15, 0.2) is 5.79 Å². The second-order valence-corrected chi connectivity index (χ2v) is 8.09. The lowest BCUT2D eigenvalue weighted by molar-refractivity contribution is -0.169. The molecule has 3 saturated heterocycles. The number of ether oxygens (including phenoxy) is 2. The van der Waals surface area contributed by atoms with Crippen LogP contribution in [0.3, 0.4) is 0 Å². The molecule has 162 valence electrons. The molecule has 0 saturated carbocycles. The third kappa shape index (κ3) is 4.53. The smallest absolute Gasteiger partial charge is 0.232 e. The molecule has 3 aliphatic heterocycles. The van der Waals surface area contributed by atoms with Gasteiger partial charge in [0, 0.05) is 52.1 Å². The first-order valence-corrected chi connectivity index (χ1v) is 10.3. The highest BCUT2D eigenvalue weighted by molar-refractivity contribution is 5.47. The van der Waals surface area contributed by atoms with Crippen LogP contribution in [0.1, 0.15) is 19.8 Å². The molecule has 11 nitrogen and oxygen atoms in total. The standard InChI is InChI=1S/C18H31N7O4/c1-17(12-26,13-27)23-14-20-15(22-16(21-14)25-8-4-19-5-9-25)24-6-2-18(3-7-24)28-10-11-29-18/h19,26-27H,2-13H2,1H3,(H,20,21,22,23). The first kappa shape index (κ1) is 20.5. The number of aliphatic hydroxyl groups is 2. The summed E-state index contributed by atoms with van der Waals surface area (Å²) in [6.07, 6.45) is 1.52. The molecule has 0 atom stereocenters. The van der Waals surface area contributed by atoms with E-state index in [-0.39, 0.29) is 13.2 Å². The molecule has 11 heteroatoms. The Morgan fingerprint density at radius 2 is 1.52 bits per heavy atom. The Morgan fingerprint density at radius 3 is 2.07 bits per heavy atom. The minimum Gasteiger partial charge on any atom is -0.394 e. The van der Waals surface area contributed by atoms with Crippen LogP contribution in [0.2, 0.25) is 0 Å². The maximum Gasteiger partial charge on any atom is 0.232 e. The van der Waals surface area contributed by atoms with Gasteiger partial charge >= 0.3 is 0 Å². The molecular weight excluding hydrogens is 378 g/mol. The molecule has 1 spiro atoms. The maximum atomic E-state index is 9.65. The monoisotopic (exact) mass is 409 g/mol. The Balaban J connectivity index is 1.57. The zero-order valence-electron chi connectivity index (χ0n) is 16.9. The second kappa shape index (κ2) is 8.52. The molecule has 0 aromatic carbocycles. The van der Waals surface area contributed by atoms with Crippen LogP contribution >= 0.6 is 0 Å². The first-order chi connectivity index (χ1) is 14.0. The highest BCUT2D eigenvalue weighted by Crippen LogP contribution is 2.33. The van der Waals surface area contributed by atoms with Crippen molar-refractivity contribution in [1.82, 2.24) is 20.3 Å². The second-order valence-electron chi connectivity index (χ2n) is 8.09. The van der Waals surface area contributed by atoms with Crippen LogP contribution in [0.25, 0.3) is 0 Å². The van der Waals surface area contributed by atoms with E-state index in [4.69, 9.17) is 14.5 Å². The molecule has 4 N–H and O–H groups in total. The minimum absolute atomic E-state index is 0.242. The number of piperidine rings is 1. The molecule has 4 rings (SSSR count). The van der Waals surface area contributed by atoms with Gasteiger partial charge < -0.3 is 40.1 Å². The predicted octanol–water partition coefficient (Wildman–Crippen LogP) is -1.22. The average Bonchev–Trinajstić information content (AvgIpc) is 3.22. The van der Waals surface area contributed by atoms with Crippen molar-refractivity contribution >= 4 is 17.8 Å². The summed E-state index contributed by atoms with van der Waals surface area (Å²) >= 11 is 0. The van der Waals surface area contributed by atoms with Gasteiger partial charge in [-0.05, 0) is 6.92 Å². The number of aromatic nitrogens is 3. The van der Waals surface area contributed by atoms with Gasteiger partial charge in [0.1, 0.15) is 0 Å². The molecule has 0 radical (unpaired) electrons. The van der Waals surface area contributed by atoms with Crippen molar-refractivity contribution in [2.24, 2.45) is 0 Å². The van der Waals surface area contributed by atoms with Crippen molar-refractivity contribution in [2.75, 3.05) is 80.8 Å². The lowest BCUT2D eigenvalue weighted by Crippen LogP contribution is -2.47. The van der Waals surface area contributed by atoms with E-state index in [0.717, 1.165) is 52.1 Å². The first-order valence-electron chi connectivity index (χ1n) is 10.3. The number of hydrogen-bond donors (Lipinski definition) is 4. The fourth-order valence-electron chi connectivity index (χ4n) is 3.79. The van der Waals surface area contributed by atoms with Gasteiger partial charge in [0.05, 0.1) is 32.0 Å². The normalized spacial score (nSPS) is 22.3. The predicted molar refractivity (Wildman–Crippen MR) is 107 cm³/mol. The molecule has 1 aromatic rings. The third-order valence-electron chi connectivity index (χ3n) is 5.74.